The zero-order chi connectivity index (χ0) is 20.7. The zero-order valence-corrected chi connectivity index (χ0v) is 16.0. The van der Waals surface area contributed by atoms with Gasteiger partial charge < -0.3 is 15.2 Å². The number of hydrogen-bond acceptors (Lipinski definition) is 7. The first-order valence-corrected chi connectivity index (χ1v) is 8.70. The Labute approximate surface area is 163 Å². The summed E-state index contributed by atoms with van der Waals surface area (Å²) < 4.78 is 11.0. The van der Waals surface area contributed by atoms with E-state index in [0.717, 1.165) is 0 Å². The number of nitrogens with zero attached hydrogens (tertiary/aromatic N) is 3. The first kappa shape index (κ1) is 20.8. The number of hydrogen-bond donors (Lipinski definition) is 1. The highest BCUT2D eigenvalue weighted by Crippen LogP contribution is 2.28. The third kappa shape index (κ3) is 5.51. The van der Waals surface area contributed by atoms with Crippen molar-refractivity contribution in [1.82, 2.24) is 9.97 Å². The van der Waals surface area contributed by atoms with E-state index in [1.807, 2.05) is 13.8 Å². The van der Waals surface area contributed by atoms with Crippen molar-refractivity contribution in [1.29, 1.82) is 5.26 Å². The molecule has 8 nitrogen and oxygen atoms in total. The van der Waals surface area contributed by atoms with Gasteiger partial charge in [-0.15, -0.1) is 0 Å². The van der Waals surface area contributed by atoms with Crippen molar-refractivity contribution in [3.05, 3.63) is 41.9 Å². The number of aldehydes is 1. The normalized spacial score (nSPS) is 12.7. The molecule has 1 atom stereocenters. The minimum absolute atomic E-state index is 0.0466. The second-order valence-corrected chi connectivity index (χ2v) is 7.00. The smallest absolute Gasteiger partial charge is 0.405 e. The Balaban J connectivity index is 2.25. The molecular weight excluding hydrogens is 360 g/mol. The Morgan fingerprint density at radius 2 is 2.14 bits per heavy atom. The number of amides is 1. The summed E-state index contributed by atoms with van der Waals surface area (Å²) in [5.74, 6) is 0.652. The SMILES string of the molecule is CC(C)CC(C)(COc1ccc(-c2ccnc(C=O)n2)cc1C#N)OC(N)=O. The lowest BCUT2D eigenvalue weighted by Crippen LogP contribution is -2.41. The van der Waals surface area contributed by atoms with Gasteiger partial charge in [0.25, 0.3) is 0 Å². The van der Waals surface area contributed by atoms with Crippen LogP contribution in [-0.4, -0.2) is 34.6 Å². The molecule has 8 heteroatoms. The van der Waals surface area contributed by atoms with Crippen molar-refractivity contribution < 1.29 is 19.1 Å². The third-order valence-corrected chi connectivity index (χ3v) is 3.90. The van der Waals surface area contributed by atoms with Crippen molar-refractivity contribution in [2.24, 2.45) is 11.7 Å². The van der Waals surface area contributed by atoms with Crippen LogP contribution in [0.25, 0.3) is 11.3 Å². The van der Waals surface area contributed by atoms with E-state index < -0.39 is 11.7 Å². The van der Waals surface area contributed by atoms with Gasteiger partial charge in [0.1, 0.15) is 24.0 Å². The van der Waals surface area contributed by atoms with Crippen LogP contribution in [-0.2, 0) is 4.74 Å². The van der Waals surface area contributed by atoms with Crippen molar-refractivity contribution in [3.8, 4) is 23.1 Å². The van der Waals surface area contributed by atoms with E-state index >= 15 is 0 Å². The molecule has 1 aromatic carbocycles. The summed E-state index contributed by atoms with van der Waals surface area (Å²) in [6, 6.07) is 8.70. The van der Waals surface area contributed by atoms with Crippen LogP contribution in [0.4, 0.5) is 4.79 Å². The molecule has 1 aromatic heterocycles. The van der Waals surface area contributed by atoms with Crippen LogP contribution >= 0.6 is 0 Å². The van der Waals surface area contributed by atoms with Gasteiger partial charge in [0.2, 0.25) is 0 Å². The molecule has 146 valence electrons. The molecule has 2 N–H and O–H groups in total. The van der Waals surface area contributed by atoms with Gasteiger partial charge in [0, 0.05) is 11.8 Å². The fourth-order valence-corrected chi connectivity index (χ4v) is 2.96. The molecule has 0 aliphatic rings. The van der Waals surface area contributed by atoms with Gasteiger partial charge in [-0.2, -0.15) is 5.26 Å². The van der Waals surface area contributed by atoms with Crippen molar-refractivity contribution in [2.75, 3.05) is 6.61 Å². The largest absolute Gasteiger partial charge is 0.488 e. The molecule has 0 saturated carbocycles. The maximum Gasteiger partial charge on any atom is 0.405 e. The number of benzene rings is 1. The maximum absolute atomic E-state index is 11.2. The fourth-order valence-electron chi connectivity index (χ4n) is 2.96. The van der Waals surface area contributed by atoms with Gasteiger partial charge in [-0.05, 0) is 43.5 Å². The first-order valence-electron chi connectivity index (χ1n) is 8.70. The molecule has 0 aliphatic carbocycles. The van der Waals surface area contributed by atoms with E-state index in [2.05, 4.69) is 16.0 Å². The van der Waals surface area contributed by atoms with E-state index in [-0.39, 0.29) is 23.9 Å². The molecule has 1 unspecified atom stereocenters. The summed E-state index contributed by atoms with van der Waals surface area (Å²) >= 11 is 0. The summed E-state index contributed by atoms with van der Waals surface area (Å²) in [5, 5.41) is 9.49. The van der Waals surface area contributed by atoms with Crippen LogP contribution in [0.2, 0.25) is 0 Å². The quantitative estimate of drug-likeness (QED) is 0.695. The lowest BCUT2D eigenvalue weighted by atomic mass is 9.95. The fraction of sp³-hybridized carbons (Fsp3) is 0.350. The number of rotatable bonds is 8. The van der Waals surface area contributed by atoms with Gasteiger partial charge in [-0.1, -0.05) is 13.8 Å². The molecule has 0 spiro atoms. The highest BCUT2D eigenvalue weighted by Gasteiger charge is 2.30. The summed E-state index contributed by atoms with van der Waals surface area (Å²) in [5.41, 5.74) is 5.71. The topological polar surface area (TPSA) is 128 Å². The predicted molar refractivity (Wildman–Crippen MR) is 102 cm³/mol. The molecule has 0 radical (unpaired) electrons. The van der Waals surface area contributed by atoms with E-state index in [0.29, 0.717) is 29.7 Å². The van der Waals surface area contributed by atoms with Crippen LogP contribution in [0.3, 0.4) is 0 Å². The molecule has 1 amide bonds. The van der Waals surface area contributed by atoms with Crippen LogP contribution < -0.4 is 10.5 Å². The number of carbonyl (C=O) groups is 2. The minimum atomic E-state index is -0.920. The van der Waals surface area contributed by atoms with Crippen LogP contribution in [0.5, 0.6) is 5.75 Å². The van der Waals surface area contributed by atoms with Crippen LogP contribution in [0.15, 0.2) is 30.5 Å². The predicted octanol–water partition coefficient (Wildman–Crippen LogP) is 3.11. The van der Waals surface area contributed by atoms with E-state index in [1.165, 1.54) is 6.20 Å². The van der Waals surface area contributed by atoms with Crippen molar-refractivity contribution >= 4 is 12.4 Å². The average molecular weight is 382 g/mol. The van der Waals surface area contributed by atoms with E-state index in [4.69, 9.17) is 15.2 Å². The number of nitriles is 1. The van der Waals surface area contributed by atoms with E-state index in [9.17, 15) is 14.9 Å². The lowest BCUT2D eigenvalue weighted by molar-refractivity contribution is -0.0186. The Bertz CT molecular complexity index is 907. The highest BCUT2D eigenvalue weighted by molar-refractivity contribution is 5.71. The summed E-state index contributed by atoms with van der Waals surface area (Å²) in [6.45, 7) is 5.77. The molecular formula is C20H22N4O4. The van der Waals surface area contributed by atoms with Gasteiger partial charge >= 0.3 is 6.09 Å². The summed E-state index contributed by atoms with van der Waals surface area (Å²) in [4.78, 5) is 30.0. The molecule has 1 heterocycles. The second-order valence-electron chi connectivity index (χ2n) is 7.00. The number of nitrogens with two attached hydrogens (primary N) is 1. The molecule has 0 bridgehead atoms. The van der Waals surface area contributed by atoms with Crippen LogP contribution in [0.1, 0.15) is 43.4 Å². The van der Waals surface area contributed by atoms with Gasteiger partial charge in [-0.3, -0.25) is 4.79 Å². The minimum Gasteiger partial charge on any atom is -0.488 e. The van der Waals surface area contributed by atoms with Crippen LogP contribution in [0, 0.1) is 17.2 Å². The number of carbonyl (C=O) groups excluding carboxylic acids is 2. The molecule has 0 saturated heterocycles. The van der Waals surface area contributed by atoms with Crippen molar-refractivity contribution in [3.63, 3.8) is 0 Å². The molecule has 2 rings (SSSR count). The first-order chi connectivity index (χ1) is 13.3. The monoisotopic (exact) mass is 382 g/mol. The Kier molecular flexibility index (Phi) is 6.66. The molecule has 2 aromatic rings. The van der Waals surface area contributed by atoms with Gasteiger partial charge in [-0.25, -0.2) is 14.8 Å². The number of ether oxygens (including phenoxy) is 2. The summed E-state index contributed by atoms with van der Waals surface area (Å²) in [6.07, 6.45) is 1.70. The third-order valence-electron chi connectivity index (χ3n) is 3.90. The Hall–Kier alpha value is -3.47. The number of primary amides is 1. The van der Waals surface area contributed by atoms with E-state index in [1.54, 1.807) is 31.2 Å². The second kappa shape index (κ2) is 8.95. The zero-order valence-electron chi connectivity index (χ0n) is 16.0. The molecule has 0 fully saturated rings. The number of aromatic nitrogens is 2. The lowest BCUT2D eigenvalue weighted by Gasteiger charge is -2.30. The standard InChI is InChI=1S/C20H22N4O4/c1-13(2)9-20(3,28-19(22)26)12-27-17-5-4-14(8-15(17)10-21)16-6-7-23-18(11-25)24-16/h4-8,11,13H,9,12H2,1-3H3,(H2,22,26). The Morgan fingerprint density at radius 3 is 2.75 bits per heavy atom. The highest BCUT2D eigenvalue weighted by atomic mass is 16.6. The van der Waals surface area contributed by atoms with Gasteiger partial charge in [0.15, 0.2) is 12.1 Å². The van der Waals surface area contributed by atoms with Crippen molar-refractivity contribution in [2.45, 2.75) is 32.8 Å². The molecule has 28 heavy (non-hydrogen) atoms. The average Bonchev–Trinajstić information content (AvgIpc) is 2.65. The van der Waals surface area contributed by atoms with Gasteiger partial charge in [0.05, 0.1) is 11.3 Å². The maximum atomic E-state index is 11.2. The Morgan fingerprint density at radius 1 is 1.39 bits per heavy atom. The summed E-state index contributed by atoms with van der Waals surface area (Å²) in [7, 11) is 0. The molecule has 0 aliphatic heterocycles.